The number of aliphatic hydroxyl groups is 3. The largest absolute Gasteiger partial charge is 0.418 e. The van der Waals surface area contributed by atoms with Crippen molar-refractivity contribution in [3.63, 3.8) is 0 Å². The van der Waals surface area contributed by atoms with Gasteiger partial charge < -0.3 is 20.2 Å². The Bertz CT molecular complexity index is 589. The average molecular weight is 361 g/mol. The minimum Gasteiger partial charge on any atom is -0.389 e. The molecule has 2 saturated heterocycles. The zero-order valence-corrected chi connectivity index (χ0v) is 13.6. The minimum atomic E-state index is -4.42. The molecule has 140 valence electrons. The van der Waals surface area contributed by atoms with E-state index in [9.17, 15) is 28.5 Å². The van der Waals surface area contributed by atoms with E-state index in [1.165, 1.54) is 6.20 Å². The SMILES string of the molecule is O[C@H]1[C@H](O)CN(C[C@@H]2CCN(c3cnccc3C(F)(F)F)C2)C[C@@H]1O. The Kier molecular flexibility index (Phi) is 5.19. The van der Waals surface area contributed by atoms with Crippen LogP contribution >= 0.6 is 0 Å². The number of anilines is 1. The van der Waals surface area contributed by atoms with Gasteiger partial charge >= 0.3 is 6.18 Å². The van der Waals surface area contributed by atoms with Crippen LogP contribution in [0, 0.1) is 5.92 Å². The summed E-state index contributed by atoms with van der Waals surface area (Å²) < 4.78 is 39.5. The van der Waals surface area contributed by atoms with Crippen molar-refractivity contribution in [1.29, 1.82) is 0 Å². The summed E-state index contributed by atoms with van der Waals surface area (Å²) in [4.78, 5) is 7.36. The van der Waals surface area contributed by atoms with Crippen molar-refractivity contribution >= 4 is 5.69 Å². The smallest absolute Gasteiger partial charge is 0.389 e. The van der Waals surface area contributed by atoms with E-state index in [0.29, 0.717) is 19.6 Å². The van der Waals surface area contributed by atoms with Gasteiger partial charge in [-0.2, -0.15) is 13.2 Å². The molecule has 1 aromatic rings. The maximum absolute atomic E-state index is 13.2. The van der Waals surface area contributed by atoms with Gasteiger partial charge in [-0.05, 0) is 18.4 Å². The molecule has 3 rings (SSSR count). The molecule has 3 N–H and O–H groups in total. The second-order valence-corrected chi connectivity index (χ2v) is 6.84. The van der Waals surface area contributed by atoms with Crippen molar-refractivity contribution in [2.75, 3.05) is 37.6 Å². The van der Waals surface area contributed by atoms with Crippen molar-refractivity contribution in [1.82, 2.24) is 9.88 Å². The number of rotatable bonds is 3. The molecule has 2 aliphatic heterocycles. The molecule has 3 heterocycles. The molecule has 0 aromatic carbocycles. The first-order chi connectivity index (χ1) is 11.8. The van der Waals surface area contributed by atoms with Crippen LogP contribution < -0.4 is 4.90 Å². The molecule has 0 spiro atoms. The lowest BCUT2D eigenvalue weighted by molar-refractivity contribution is -0.137. The van der Waals surface area contributed by atoms with Gasteiger partial charge in [0.15, 0.2) is 0 Å². The summed E-state index contributed by atoms with van der Waals surface area (Å²) in [5, 5.41) is 29.1. The van der Waals surface area contributed by atoms with E-state index in [-0.39, 0.29) is 24.7 Å². The first kappa shape index (κ1) is 18.4. The summed E-state index contributed by atoms with van der Waals surface area (Å²) in [7, 11) is 0. The fourth-order valence-corrected chi connectivity index (χ4v) is 3.67. The third kappa shape index (κ3) is 4.05. The maximum atomic E-state index is 13.2. The van der Waals surface area contributed by atoms with Crippen molar-refractivity contribution < 1.29 is 28.5 Å². The lowest BCUT2D eigenvalue weighted by atomic mass is 10.00. The van der Waals surface area contributed by atoms with E-state index in [0.717, 1.165) is 18.7 Å². The molecule has 2 fully saturated rings. The molecule has 0 unspecified atom stereocenters. The standard InChI is InChI=1S/C16H22F3N3O3/c17-16(18,19)11-1-3-20-5-12(11)22-4-2-10(7-22)6-21-8-13(23)15(25)14(24)9-21/h1,3,5,10,13-15,23-25H,2,4,6-9H2/t10-,13-,14+,15+/m0/s1. The summed E-state index contributed by atoms with van der Waals surface area (Å²) in [5.74, 6) is 0.121. The third-order valence-corrected chi connectivity index (χ3v) is 4.93. The van der Waals surface area contributed by atoms with E-state index >= 15 is 0 Å². The van der Waals surface area contributed by atoms with Crippen molar-refractivity contribution in [2.24, 2.45) is 5.92 Å². The Labute approximate surface area is 143 Å². The van der Waals surface area contributed by atoms with Gasteiger partial charge in [-0.3, -0.25) is 9.88 Å². The van der Waals surface area contributed by atoms with Crippen LogP contribution in [0.3, 0.4) is 0 Å². The first-order valence-corrected chi connectivity index (χ1v) is 8.28. The normalized spacial score (nSPS) is 31.5. The number of likely N-dealkylation sites (tertiary alicyclic amines) is 1. The molecule has 9 heteroatoms. The first-order valence-electron chi connectivity index (χ1n) is 8.28. The number of halogens is 3. The second kappa shape index (κ2) is 7.06. The highest BCUT2D eigenvalue weighted by Crippen LogP contribution is 2.37. The van der Waals surface area contributed by atoms with Crippen molar-refractivity contribution in [3.05, 3.63) is 24.0 Å². The van der Waals surface area contributed by atoms with Gasteiger partial charge in [0.05, 0.1) is 29.7 Å². The molecule has 0 saturated carbocycles. The van der Waals surface area contributed by atoms with Gasteiger partial charge in [-0.1, -0.05) is 0 Å². The lowest BCUT2D eigenvalue weighted by Crippen LogP contribution is -2.56. The molecule has 0 bridgehead atoms. The monoisotopic (exact) mass is 361 g/mol. The zero-order chi connectivity index (χ0) is 18.2. The topological polar surface area (TPSA) is 80.1 Å². The highest BCUT2D eigenvalue weighted by Gasteiger charge is 2.38. The van der Waals surface area contributed by atoms with Gasteiger partial charge in [0.25, 0.3) is 0 Å². The number of aliphatic hydroxyl groups excluding tert-OH is 3. The summed E-state index contributed by atoms with van der Waals surface area (Å²) in [6.07, 6.45) is -4.50. The molecule has 1 aromatic heterocycles. The molecule has 2 aliphatic rings. The Morgan fingerprint density at radius 3 is 2.44 bits per heavy atom. The minimum absolute atomic E-state index is 0.0895. The predicted octanol–water partition coefficient (Wildman–Crippen LogP) is 0.325. The van der Waals surface area contributed by atoms with E-state index in [1.54, 1.807) is 4.90 Å². The van der Waals surface area contributed by atoms with Gasteiger partial charge in [0, 0.05) is 38.9 Å². The van der Waals surface area contributed by atoms with E-state index in [2.05, 4.69) is 4.98 Å². The number of β-amino-alcohol motifs (C(OH)–C–C–N with tert-alkyl or cyclic N) is 2. The van der Waals surface area contributed by atoms with Crippen LogP contribution in [-0.2, 0) is 6.18 Å². The van der Waals surface area contributed by atoms with Crippen molar-refractivity contribution in [2.45, 2.75) is 30.9 Å². The molecular weight excluding hydrogens is 339 g/mol. The van der Waals surface area contributed by atoms with Crippen LogP contribution in [-0.4, -0.2) is 76.2 Å². The van der Waals surface area contributed by atoms with Crippen LogP contribution in [0.4, 0.5) is 18.9 Å². The van der Waals surface area contributed by atoms with Crippen LogP contribution in [0.2, 0.25) is 0 Å². The third-order valence-electron chi connectivity index (χ3n) is 4.93. The quantitative estimate of drug-likeness (QED) is 0.720. The summed E-state index contributed by atoms with van der Waals surface area (Å²) in [5.41, 5.74) is -0.596. The van der Waals surface area contributed by atoms with Crippen LogP contribution in [0.15, 0.2) is 18.5 Å². The molecule has 6 nitrogen and oxygen atoms in total. The molecular formula is C16H22F3N3O3. The van der Waals surface area contributed by atoms with Gasteiger partial charge in [-0.25, -0.2) is 0 Å². The number of aromatic nitrogens is 1. The van der Waals surface area contributed by atoms with Crippen LogP contribution in [0.25, 0.3) is 0 Å². The second-order valence-electron chi connectivity index (χ2n) is 6.84. The summed E-state index contributed by atoms with van der Waals surface area (Å²) >= 11 is 0. The summed E-state index contributed by atoms with van der Waals surface area (Å²) in [6.45, 7) is 2.00. The van der Waals surface area contributed by atoms with E-state index in [1.807, 2.05) is 4.90 Å². The Balaban J connectivity index is 1.63. The van der Waals surface area contributed by atoms with Crippen LogP contribution in [0.5, 0.6) is 0 Å². The summed E-state index contributed by atoms with van der Waals surface area (Å²) in [6, 6.07) is 0.987. The van der Waals surface area contributed by atoms with Crippen molar-refractivity contribution in [3.8, 4) is 0 Å². The molecule has 0 aliphatic carbocycles. The maximum Gasteiger partial charge on any atom is 0.418 e. The van der Waals surface area contributed by atoms with E-state index in [4.69, 9.17) is 0 Å². The molecule has 0 radical (unpaired) electrons. The highest BCUT2D eigenvalue weighted by molar-refractivity contribution is 5.53. The lowest BCUT2D eigenvalue weighted by Gasteiger charge is -2.38. The number of pyridine rings is 1. The van der Waals surface area contributed by atoms with E-state index < -0.39 is 30.1 Å². The zero-order valence-electron chi connectivity index (χ0n) is 13.6. The van der Waals surface area contributed by atoms with Crippen LogP contribution in [0.1, 0.15) is 12.0 Å². The number of hydrogen-bond donors (Lipinski definition) is 3. The Morgan fingerprint density at radius 2 is 1.80 bits per heavy atom. The predicted molar refractivity (Wildman–Crippen MR) is 84.0 cm³/mol. The Hall–Kier alpha value is -1.42. The van der Waals surface area contributed by atoms with Gasteiger partial charge in [0.2, 0.25) is 0 Å². The number of hydrogen-bond acceptors (Lipinski definition) is 6. The van der Waals surface area contributed by atoms with Gasteiger partial charge in [-0.15, -0.1) is 0 Å². The fraction of sp³-hybridized carbons (Fsp3) is 0.688. The Morgan fingerprint density at radius 1 is 1.12 bits per heavy atom. The number of piperidine rings is 1. The molecule has 0 amide bonds. The average Bonchev–Trinajstić information content (AvgIpc) is 3.00. The van der Waals surface area contributed by atoms with Gasteiger partial charge in [0.1, 0.15) is 6.10 Å². The highest BCUT2D eigenvalue weighted by atomic mass is 19.4. The molecule has 25 heavy (non-hydrogen) atoms. The number of alkyl halides is 3. The molecule has 4 atom stereocenters. The fourth-order valence-electron chi connectivity index (χ4n) is 3.67. The number of nitrogens with zero attached hydrogens (tertiary/aromatic N) is 3.